The van der Waals surface area contributed by atoms with Gasteiger partial charge in [0, 0.05) is 12.1 Å². The van der Waals surface area contributed by atoms with Gasteiger partial charge >= 0.3 is 5.97 Å². The molecule has 2 heterocycles. The lowest BCUT2D eigenvalue weighted by Crippen LogP contribution is -2.40. The summed E-state index contributed by atoms with van der Waals surface area (Å²) in [7, 11) is 0. The van der Waals surface area contributed by atoms with Crippen LogP contribution in [0.3, 0.4) is 0 Å². The second-order valence-corrected chi connectivity index (χ2v) is 7.96. The number of hydrogen-bond donors (Lipinski definition) is 0. The maximum atomic E-state index is 13.5. The smallest absolute Gasteiger partial charge is 0.310 e. The van der Waals surface area contributed by atoms with Crippen LogP contribution < -0.4 is 0 Å². The molecule has 1 saturated heterocycles. The molecule has 1 fully saturated rings. The molecule has 0 N–H and O–H groups in total. The van der Waals surface area contributed by atoms with E-state index in [-0.39, 0.29) is 17.7 Å². The van der Waals surface area contributed by atoms with E-state index < -0.39 is 0 Å². The van der Waals surface area contributed by atoms with Crippen molar-refractivity contribution in [1.82, 2.24) is 19.2 Å². The summed E-state index contributed by atoms with van der Waals surface area (Å²) in [4.78, 5) is 14.4. The van der Waals surface area contributed by atoms with Gasteiger partial charge in [0.2, 0.25) is 4.77 Å². The number of benzene rings is 2. The summed E-state index contributed by atoms with van der Waals surface area (Å²) in [6.07, 6.45) is 1.75. The van der Waals surface area contributed by atoms with E-state index in [4.69, 9.17) is 22.1 Å². The average Bonchev–Trinajstić information content (AvgIpc) is 3.11. The Morgan fingerprint density at radius 1 is 1.19 bits per heavy atom. The second kappa shape index (κ2) is 9.53. The van der Waals surface area contributed by atoms with E-state index in [2.05, 4.69) is 4.90 Å². The number of hydrogen-bond acceptors (Lipinski definition) is 5. The van der Waals surface area contributed by atoms with Crippen molar-refractivity contribution in [2.45, 2.75) is 26.4 Å². The molecule has 0 spiro atoms. The molecule has 8 heteroatoms. The number of esters is 1. The number of rotatable bonds is 6. The van der Waals surface area contributed by atoms with Gasteiger partial charge in [0.15, 0.2) is 5.82 Å². The van der Waals surface area contributed by atoms with Gasteiger partial charge in [-0.3, -0.25) is 14.3 Å². The maximum Gasteiger partial charge on any atom is 0.310 e. The molecule has 0 aliphatic carbocycles. The van der Waals surface area contributed by atoms with Gasteiger partial charge < -0.3 is 4.74 Å². The first-order valence-electron chi connectivity index (χ1n) is 10.5. The van der Waals surface area contributed by atoms with Crippen molar-refractivity contribution in [2.24, 2.45) is 5.92 Å². The second-order valence-electron chi connectivity index (χ2n) is 7.59. The van der Waals surface area contributed by atoms with Gasteiger partial charge in [0.25, 0.3) is 0 Å². The van der Waals surface area contributed by atoms with Crippen molar-refractivity contribution in [3.8, 4) is 17.1 Å². The zero-order chi connectivity index (χ0) is 21.8. The Morgan fingerprint density at radius 2 is 1.94 bits per heavy atom. The minimum Gasteiger partial charge on any atom is -0.466 e. The number of likely N-dealkylation sites (tertiary alicyclic amines) is 1. The molecule has 6 nitrogen and oxygen atoms in total. The number of nitrogens with zero attached hydrogens (tertiary/aromatic N) is 4. The molecule has 1 atom stereocenters. The summed E-state index contributed by atoms with van der Waals surface area (Å²) in [5, 5.41) is 4.80. The zero-order valence-corrected chi connectivity index (χ0v) is 18.2. The first-order valence-corrected chi connectivity index (χ1v) is 10.9. The van der Waals surface area contributed by atoms with Crippen molar-refractivity contribution in [2.75, 3.05) is 19.7 Å². The first-order chi connectivity index (χ1) is 15.1. The number of carbonyl (C=O) groups excluding carboxylic acids is 1. The van der Waals surface area contributed by atoms with Crippen molar-refractivity contribution in [3.63, 3.8) is 0 Å². The Labute approximate surface area is 185 Å². The molecule has 0 unspecified atom stereocenters. The molecule has 1 aromatic heterocycles. The number of aromatic nitrogens is 3. The van der Waals surface area contributed by atoms with Gasteiger partial charge in [-0.2, -0.15) is 0 Å². The molecule has 0 bridgehead atoms. The van der Waals surface area contributed by atoms with E-state index in [9.17, 15) is 9.18 Å². The maximum absolute atomic E-state index is 13.5. The molecule has 31 heavy (non-hydrogen) atoms. The lowest BCUT2D eigenvalue weighted by molar-refractivity contribution is -0.150. The van der Waals surface area contributed by atoms with E-state index in [1.54, 1.807) is 16.8 Å². The highest BCUT2D eigenvalue weighted by Crippen LogP contribution is 2.24. The summed E-state index contributed by atoms with van der Waals surface area (Å²) in [6, 6.07) is 16.0. The van der Waals surface area contributed by atoms with Crippen LogP contribution in [0.2, 0.25) is 0 Å². The predicted octanol–water partition coefficient (Wildman–Crippen LogP) is 4.44. The topological polar surface area (TPSA) is 52.3 Å². The van der Waals surface area contributed by atoms with Crippen LogP contribution in [0.5, 0.6) is 0 Å². The van der Waals surface area contributed by atoms with Gasteiger partial charge in [0.1, 0.15) is 5.82 Å². The minimum absolute atomic E-state index is 0.129. The normalized spacial score (nSPS) is 16.9. The third-order valence-corrected chi connectivity index (χ3v) is 5.81. The monoisotopic (exact) mass is 440 g/mol. The van der Waals surface area contributed by atoms with Gasteiger partial charge in [-0.1, -0.05) is 30.3 Å². The molecule has 3 aromatic rings. The van der Waals surface area contributed by atoms with Crippen molar-refractivity contribution >= 4 is 18.2 Å². The van der Waals surface area contributed by atoms with Crippen molar-refractivity contribution < 1.29 is 13.9 Å². The average molecular weight is 441 g/mol. The van der Waals surface area contributed by atoms with Gasteiger partial charge in [0.05, 0.1) is 24.9 Å². The molecule has 0 saturated carbocycles. The van der Waals surface area contributed by atoms with E-state index in [1.807, 2.05) is 41.8 Å². The largest absolute Gasteiger partial charge is 0.466 e. The molecule has 0 amide bonds. The summed E-state index contributed by atoms with van der Waals surface area (Å²) in [5.74, 6) is 0.117. The quantitative estimate of drug-likeness (QED) is 0.419. The molecule has 2 aromatic carbocycles. The van der Waals surface area contributed by atoms with Gasteiger partial charge in [-0.25, -0.2) is 9.07 Å². The van der Waals surface area contributed by atoms with Crippen LogP contribution in [0, 0.1) is 16.5 Å². The molecule has 4 rings (SSSR count). The van der Waals surface area contributed by atoms with Crippen molar-refractivity contribution in [1.29, 1.82) is 0 Å². The van der Waals surface area contributed by atoms with Gasteiger partial charge in [-0.05, 0) is 62.8 Å². The third kappa shape index (κ3) is 4.75. The Hall–Kier alpha value is -2.84. The summed E-state index contributed by atoms with van der Waals surface area (Å²) in [5.41, 5.74) is 1.67. The highest BCUT2D eigenvalue weighted by molar-refractivity contribution is 7.71. The number of halogens is 1. The lowest BCUT2D eigenvalue weighted by Gasteiger charge is -2.31. The summed E-state index contributed by atoms with van der Waals surface area (Å²) < 4.78 is 22.9. The van der Waals surface area contributed by atoms with Gasteiger partial charge in [-0.15, -0.1) is 5.10 Å². The number of ether oxygens (including phenoxy) is 1. The van der Waals surface area contributed by atoms with Crippen LogP contribution in [0.15, 0.2) is 54.6 Å². The fourth-order valence-corrected chi connectivity index (χ4v) is 4.21. The van der Waals surface area contributed by atoms with Crippen LogP contribution in [0.4, 0.5) is 4.39 Å². The molecule has 162 valence electrons. The number of carbonyl (C=O) groups is 1. The summed E-state index contributed by atoms with van der Waals surface area (Å²) in [6.45, 7) is 4.17. The molecular formula is C23H25FN4O2S. The Balaban J connectivity index is 1.67. The minimum atomic E-state index is -0.303. The Morgan fingerprint density at radius 3 is 2.65 bits per heavy atom. The van der Waals surface area contributed by atoms with Crippen LogP contribution in [0.1, 0.15) is 19.8 Å². The van der Waals surface area contributed by atoms with Crippen molar-refractivity contribution in [3.05, 3.63) is 65.2 Å². The Kier molecular flexibility index (Phi) is 6.58. The standard InChI is InChI=1S/C23H25FN4O2S/c1-2-30-22(29)18-9-6-14-26(15-18)16-27-23(31)28(20-12-10-19(24)11-13-20)21(25-27)17-7-4-3-5-8-17/h3-5,7-8,10-13,18H,2,6,9,14-16H2,1H3/t18-/m0/s1. The fraction of sp³-hybridized carbons (Fsp3) is 0.348. The van der Waals surface area contributed by atoms with E-state index in [0.29, 0.717) is 30.4 Å². The Bertz CT molecular complexity index is 1100. The SMILES string of the molecule is CCOC(=O)[C@H]1CCCN(Cn2nc(-c3ccccc3)n(-c3ccc(F)cc3)c2=S)C1. The number of piperidine rings is 1. The zero-order valence-electron chi connectivity index (χ0n) is 17.4. The van der Waals surface area contributed by atoms with Crippen LogP contribution in [-0.2, 0) is 16.2 Å². The highest BCUT2D eigenvalue weighted by atomic mass is 32.1. The fourth-order valence-electron chi connectivity index (χ4n) is 3.92. The predicted molar refractivity (Wildman–Crippen MR) is 119 cm³/mol. The van der Waals surface area contributed by atoms with Crippen LogP contribution in [0.25, 0.3) is 17.1 Å². The molecule has 1 aliphatic heterocycles. The van der Waals surface area contributed by atoms with E-state index >= 15 is 0 Å². The first kappa shape index (κ1) is 21.4. The highest BCUT2D eigenvalue weighted by Gasteiger charge is 2.27. The summed E-state index contributed by atoms with van der Waals surface area (Å²) >= 11 is 5.77. The van der Waals surface area contributed by atoms with E-state index in [0.717, 1.165) is 30.6 Å². The molecule has 0 radical (unpaired) electrons. The van der Waals surface area contributed by atoms with Crippen LogP contribution in [-0.4, -0.2) is 44.9 Å². The molecular weight excluding hydrogens is 415 g/mol. The lowest BCUT2D eigenvalue weighted by atomic mass is 9.99. The molecule has 1 aliphatic rings. The van der Waals surface area contributed by atoms with E-state index in [1.165, 1.54) is 12.1 Å². The van der Waals surface area contributed by atoms with Crippen LogP contribution >= 0.6 is 12.2 Å². The third-order valence-electron chi connectivity index (χ3n) is 5.42.